The molecule has 5 heteroatoms. The van der Waals surface area contributed by atoms with E-state index in [1.165, 1.54) is 0 Å². The Kier molecular flexibility index (Phi) is 3.14. The summed E-state index contributed by atoms with van der Waals surface area (Å²) in [6.45, 7) is 0. The summed E-state index contributed by atoms with van der Waals surface area (Å²) in [6.07, 6.45) is 1.78. The Balaban J connectivity index is 2.71. The van der Waals surface area contributed by atoms with E-state index in [0.29, 0.717) is 11.5 Å². The fourth-order valence-electron chi connectivity index (χ4n) is 2.12. The van der Waals surface area contributed by atoms with Crippen molar-refractivity contribution < 1.29 is 19.4 Å². The summed E-state index contributed by atoms with van der Waals surface area (Å²) in [7, 11) is 5.01. The molecule has 1 N–H and O–H groups in total. The lowest BCUT2D eigenvalue weighted by molar-refractivity contribution is -0.136. The third-order valence-corrected chi connectivity index (χ3v) is 2.90. The van der Waals surface area contributed by atoms with E-state index in [1.54, 1.807) is 26.5 Å². The maximum atomic E-state index is 10.9. The zero-order valence-corrected chi connectivity index (χ0v) is 10.6. The minimum Gasteiger partial charge on any atom is -0.497 e. The van der Waals surface area contributed by atoms with Crippen LogP contribution in [0.4, 0.5) is 0 Å². The molecule has 0 bridgehead atoms. The average molecular weight is 249 g/mol. The van der Waals surface area contributed by atoms with E-state index in [0.717, 1.165) is 16.5 Å². The number of fused-ring (bicyclic) bond motifs is 1. The molecule has 0 aliphatic carbocycles. The van der Waals surface area contributed by atoms with Gasteiger partial charge >= 0.3 is 5.97 Å². The number of carbonyl (C=O) groups is 1. The van der Waals surface area contributed by atoms with E-state index in [9.17, 15) is 4.79 Å². The molecule has 2 rings (SSSR count). The highest BCUT2D eigenvalue weighted by molar-refractivity contribution is 5.93. The van der Waals surface area contributed by atoms with Gasteiger partial charge in [0.1, 0.15) is 11.5 Å². The maximum absolute atomic E-state index is 10.9. The van der Waals surface area contributed by atoms with Gasteiger partial charge in [-0.15, -0.1) is 0 Å². The van der Waals surface area contributed by atoms with Crippen LogP contribution in [0.5, 0.6) is 11.5 Å². The molecular formula is C13H15NO4. The Morgan fingerprint density at radius 1 is 1.33 bits per heavy atom. The van der Waals surface area contributed by atoms with Crippen LogP contribution < -0.4 is 9.47 Å². The van der Waals surface area contributed by atoms with Gasteiger partial charge in [-0.3, -0.25) is 4.79 Å². The fraction of sp³-hybridized carbons (Fsp3) is 0.308. The van der Waals surface area contributed by atoms with Gasteiger partial charge in [-0.05, 0) is 5.56 Å². The van der Waals surface area contributed by atoms with Crippen LogP contribution in [-0.4, -0.2) is 29.9 Å². The lowest BCUT2D eigenvalue weighted by atomic mass is 10.1. The number of rotatable bonds is 4. The number of carboxylic acids is 1. The van der Waals surface area contributed by atoms with Crippen molar-refractivity contribution in [3.05, 3.63) is 23.9 Å². The van der Waals surface area contributed by atoms with Gasteiger partial charge < -0.3 is 19.1 Å². The quantitative estimate of drug-likeness (QED) is 0.897. The van der Waals surface area contributed by atoms with E-state index in [1.807, 2.05) is 17.7 Å². The molecule has 18 heavy (non-hydrogen) atoms. The Bertz CT molecular complexity index is 601. The average Bonchev–Trinajstić information content (AvgIpc) is 2.64. The number of hydrogen-bond donors (Lipinski definition) is 1. The maximum Gasteiger partial charge on any atom is 0.307 e. The summed E-state index contributed by atoms with van der Waals surface area (Å²) in [5.41, 5.74) is 1.63. The van der Waals surface area contributed by atoms with Crippen LogP contribution in [0.15, 0.2) is 18.3 Å². The normalized spacial score (nSPS) is 10.6. The highest BCUT2D eigenvalue weighted by Crippen LogP contribution is 2.34. The lowest BCUT2D eigenvalue weighted by Crippen LogP contribution is -1.99. The first-order valence-corrected chi connectivity index (χ1v) is 5.48. The van der Waals surface area contributed by atoms with Crippen molar-refractivity contribution in [1.82, 2.24) is 4.57 Å². The van der Waals surface area contributed by atoms with E-state index in [-0.39, 0.29) is 6.42 Å². The molecule has 0 unspecified atom stereocenters. The Hall–Kier alpha value is -2.17. The van der Waals surface area contributed by atoms with Crippen LogP contribution in [0.3, 0.4) is 0 Å². The Morgan fingerprint density at radius 3 is 2.61 bits per heavy atom. The summed E-state index contributed by atoms with van der Waals surface area (Å²) in [5.74, 6) is 0.448. The summed E-state index contributed by atoms with van der Waals surface area (Å²) in [4.78, 5) is 10.9. The highest BCUT2D eigenvalue weighted by Gasteiger charge is 2.15. The van der Waals surface area contributed by atoms with Gasteiger partial charge in [0.2, 0.25) is 0 Å². The summed E-state index contributed by atoms with van der Waals surface area (Å²) < 4.78 is 12.4. The number of aromatic nitrogens is 1. The van der Waals surface area contributed by atoms with E-state index < -0.39 is 5.97 Å². The predicted octanol–water partition coefficient (Wildman–Crippen LogP) is 1.82. The second-order valence-corrected chi connectivity index (χ2v) is 4.06. The molecule has 96 valence electrons. The molecule has 1 aromatic heterocycles. The van der Waals surface area contributed by atoms with E-state index in [2.05, 4.69) is 0 Å². The summed E-state index contributed by atoms with van der Waals surface area (Å²) in [6, 6.07) is 3.62. The standard InChI is InChI=1S/C13H15NO4/c1-14-7-8(4-12(15)16)13-10(14)5-9(17-2)6-11(13)18-3/h5-7H,4H2,1-3H3,(H,15,16). The Labute approximate surface area is 105 Å². The topological polar surface area (TPSA) is 60.7 Å². The van der Waals surface area contributed by atoms with E-state index >= 15 is 0 Å². The molecule has 0 radical (unpaired) electrons. The largest absolute Gasteiger partial charge is 0.497 e. The number of methoxy groups -OCH3 is 2. The zero-order chi connectivity index (χ0) is 13.3. The number of nitrogens with zero attached hydrogens (tertiary/aromatic N) is 1. The minimum atomic E-state index is -0.861. The number of hydrogen-bond acceptors (Lipinski definition) is 3. The fourth-order valence-corrected chi connectivity index (χ4v) is 2.12. The summed E-state index contributed by atoms with van der Waals surface area (Å²) >= 11 is 0. The third kappa shape index (κ3) is 1.99. The van der Waals surface area contributed by atoms with Gasteiger partial charge in [0, 0.05) is 30.8 Å². The van der Waals surface area contributed by atoms with Crippen LogP contribution in [0, 0.1) is 0 Å². The number of aryl methyl sites for hydroxylation is 1. The van der Waals surface area contributed by atoms with Crippen LogP contribution in [0.1, 0.15) is 5.56 Å². The monoisotopic (exact) mass is 249 g/mol. The van der Waals surface area contributed by atoms with Crippen LogP contribution >= 0.6 is 0 Å². The highest BCUT2D eigenvalue weighted by atomic mass is 16.5. The van der Waals surface area contributed by atoms with E-state index in [4.69, 9.17) is 14.6 Å². The van der Waals surface area contributed by atoms with Crippen molar-refractivity contribution in [3.8, 4) is 11.5 Å². The number of aliphatic carboxylic acids is 1. The van der Waals surface area contributed by atoms with Gasteiger partial charge in [0.25, 0.3) is 0 Å². The van der Waals surface area contributed by atoms with Gasteiger partial charge in [-0.25, -0.2) is 0 Å². The first-order chi connectivity index (χ1) is 8.56. The smallest absolute Gasteiger partial charge is 0.307 e. The molecule has 1 aromatic carbocycles. The molecule has 0 aliphatic rings. The minimum absolute atomic E-state index is 0.0277. The first-order valence-electron chi connectivity index (χ1n) is 5.48. The first kappa shape index (κ1) is 12.3. The van der Waals surface area contributed by atoms with Crippen molar-refractivity contribution in [1.29, 1.82) is 0 Å². The van der Waals surface area contributed by atoms with Crippen molar-refractivity contribution in [2.75, 3.05) is 14.2 Å². The second kappa shape index (κ2) is 4.60. The van der Waals surface area contributed by atoms with Crippen LogP contribution in [0.25, 0.3) is 10.9 Å². The summed E-state index contributed by atoms with van der Waals surface area (Å²) in [5, 5.41) is 9.75. The molecular weight excluding hydrogens is 234 g/mol. The molecule has 2 aromatic rings. The van der Waals surface area contributed by atoms with Gasteiger partial charge in [0.05, 0.1) is 26.2 Å². The van der Waals surface area contributed by atoms with Crippen LogP contribution in [0.2, 0.25) is 0 Å². The predicted molar refractivity (Wildman–Crippen MR) is 67.4 cm³/mol. The SMILES string of the molecule is COc1cc(OC)c2c(CC(=O)O)cn(C)c2c1. The van der Waals surface area contributed by atoms with Crippen LogP contribution in [-0.2, 0) is 18.3 Å². The van der Waals surface area contributed by atoms with Crippen molar-refractivity contribution in [3.63, 3.8) is 0 Å². The molecule has 1 heterocycles. The molecule has 5 nitrogen and oxygen atoms in total. The van der Waals surface area contributed by atoms with Crippen molar-refractivity contribution >= 4 is 16.9 Å². The van der Waals surface area contributed by atoms with Crippen molar-refractivity contribution in [2.45, 2.75) is 6.42 Å². The molecule has 0 saturated carbocycles. The molecule has 0 atom stereocenters. The lowest BCUT2D eigenvalue weighted by Gasteiger charge is -2.07. The number of ether oxygens (including phenoxy) is 2. The molecule has 0 fully saturated rings. The second-order valence-electron chi connectivity index (χ2n) is 4.06. The van der Waals surface area contributed by atoms with Crippen molar-refractivity contribution in [2.24, 2.45) is 7.05 Å². The number of carboxylic acid groups (broad SMARTS) is 1. The molecule has 0 saturated heterocycles. The van der Waals surface area contributed by atoms with Gasteiger partial charge in [0.15, 0.2) is 0 Å². The molecule has 0 aliphatic heterocycles. The zero-order valence-electron chi connectivity index (χ0n) is 10.6. The van der Waals surface area contributed by atoms with Gasteiger partial charge in [-0.2, -0.15) is 0 Å². The number of benzene rings is 1. The molecule has 0 spiro atoms. The van der Waals surface area contributed by atoms with Gasteiger partial charge in [-0.1, -0.05) is 0 Å². The molecule has 0 amide bonds. The Morgan fingerprint density at radius 2 is 2.06 bits per heavy atom. The third-order valence-electron chi connectivity index (χ3n) is 2.90.